The molecule has 7 nitrogen and oxygen atoms in total. The van der Waals surface area contributed by atoms with Gasteiger partial charge in [0.2, 0.25) is 0 Å². The molecule has 1 unspecified atom stereocenters. The molecule has 0 aliphatic carbocycles. The maximum atomic E-state index is 10.9. The van der Waals surface area contributed by atoms with Crippen molar-refractivity contribution in [3.05, 3.63) is 35.9 Å². The van der Waals surface area contributed by atoms with Crippen molar-refractivity contribution in [2.24, 2.45) is 0 Å². The molecular formula is C11H11NO6. The lowest BCUT2D eigenvalue weighted by Gasteiger charge is -2.24. The zero-order valence-corrected chi connectivity index (χ0v) is 9.18. The highest BCUT2D eigenvalue weighted by molar-refractivity contribution is 5.87. The van der Waals surface area contributed by atoms with Crippen LogP contribution in [0, 0.1) is 0 Å². The van der Waals surface area contributed by atoms with Gasteiger partial charge in [0.15, 0.2) is 0 Å². The highest BCUT2D eigenvalue weighted by atomic mass is 16.4. The molecule has 0 fully saturated rings. The van der Waals surface area contributed by atoms with Crippen LogP contribution in [0.4, 0.5) is 9.59 Å². The Hall–Kier alpha value is -2.57. The second-order valence-corrected chi connectivity index (χ2v) is 3.46. The fourth-order valence-corrected chi connectivity index (χ4v) is 1.55. The van der Waals surface area contributed by atoms with E-state index in [4.69, 9.17) is 15.3 Å². The van der Waals surface area contributed by atoms with Crippen molar-refractivity contribution in [2.45, 2.75) is 12.5 Å². The first kappa shape index (κ1) is 13.5. The van der Waals surface area contributed by atoms with E-state index in [1.807, 2.05) is 0 Å². The van der Waals surface area contributed by atoms with Gasteiger partial charge in [-0.3, -0.25) is 4.79 Å². The molecule has 0 saturated carbocycles. The highest BCUT2D eigenvalue weighted by Crippen LogP contribution is 2.24. The van der Waals surface area contributed by atoms with Crippen molar-refractivity contribution >= 4 is 18.2 Å². The third kappa shape index (κ3) is 3.21. The number of carbonyl (C=O) groups is 3. The van der Waals surface area contributed by atoms with Gasteiger partial charge < -0.3 is 15.3 Å². The van der Waals surface area contributed by atoms with E-state index in [1.165, 1.54) is 12.1 Å². The number of carboxylic acids is 1. The predicted molar refractivity (Wildman–Crippen MR) is 59.3 cm³/mol. The van der Waals surface area contributed by atoms with Crippen LogP contribution in [-0.4, -0.2) is 38.4 Å². The number of imide groups is 1. The summed E-state index contributed by atoms with van der Waals surface area (Å²) < 4.78 is 0. The Morgan fingerprint density at radius 2 is 1.50 bits per heavy atom. The fourth-order valence-electron chi connectivity index (χ4n) is 1.55. The number of benzene rings is 1. The molecule has 96 valence electrons. The summed E-state index contributed by atoms with van der Waals surface area (Å²) in [6.45, 7) is 0. The monoisotopic (exact) mass is 253 g/mol. The van der Waals surface area contributed by atoms with Crippen LogP contribution in [-0.2, 0) is 4.79 Å². The largest absolute Gasteiger partial charge is 0.481 e. The molecule has 0 spiro atoms. The van der Waals surface area contributed by atoms with E-state index in [9.17, 15) is 14.4 Å². The van der Waals surface area contributed by atoms with Crippen molar-refractivity contribution in [3.63, 3.8) is 0 Å². The van der Waals surface area contributed by atoms with Gasteiger partial charge in [0, 0.05) is 0 Å². The molecule has 7 heteroatoms. The third-order valence-corrected chi connectivity index (χ3v) is 2.28. The van der Waals surface area contributed by atoms with E-state index in [2.05, 4.69) is 0 Å². The number of nitrogens with zero attached hydrogens (tertiary/aromatic N) is 1. The Labute approximate surface area is 102 Å². The molecule has 0 aliphatic heterocycles. The van der Waals surface area contributed by atoms with E-state index < -0.39 is 30.6 Å². The molecule has 0 radical (unpaired) electrons. The summed E-state index contributed by atoms with van der Waals surface area (Å²) in [6, 6.07) is 6.50. The molecule has 1 rings (SSSR count). The fraction of sp³-hybridized carbons (Fsp3) is 0.182. The summed E-state index contributed by atoms with van der Waals surface area (Å²) >= 11 is 0. The molecule has 1 aromatic carbocycles. The smallest absolute Gasteiger partial charge is 0.417 e. The molecule has 18 heavy (non-hydrogen) atoms. The quantitative estimate of drug-likeness (QED) is 0.754. The standard InChI is InChI=1S/C11H11NO6/c13-9(14)6-8(7-4-2-1-3-5-7)12(10(15)16)11(17)18/h1-5,8H,6H2,(H,13,14)(H,15,16)(H,17,18). The van der Waals surface area contributed by atoms with Gasteiger partial charge in [-0.1, -0.05) is 30.3 Å². The first-order valence-electron chi connectivity index (χ1n) is 4.95. The van der Waals surface area contributed by atoms with Gasteiger partial charge >= 0.3 is 18.2 Å². The second-order valence-electron chi connectivity index (χ2n) is 3.46. The van der Waals surface area contributed by atoms with Crippen molar-refractivity contribution in [1.29, 1.82) is 0 Å². The molecule has 0 aromatic heterocycles. The summed E-state index contributed by atoms with van der Waals surface area (Å²) in [5, 5.41) is 26.4. The molecule has 2 amide bonds. The average molecular weight is 253 g/mol. The van der Waals surface area contributed by atoms with E-state index in [-0.39, 0.29) is 4.90 Å². The summed E-state index contributed by atoms with van der Waals surface area (Å²) in [5.74, 6) is -1.28. The maximum Gasteiger partial charge on any atom is 0.417 e. The van der Waals surface area contributed by atoms with Crippen LogP contribution >= 0.6 is 0 Å². The van der Waals surface area contributed by atoms with Crippen molar-refractivity contribution in [3.8, 4) is 0 Å². The highest BCUT2D eigenvalue weighted by Gasteiger charge is 2.32. The molecule has 0 aliphatic rings. The number of carboxylic acid groups (broad SMARTS) is 3. The molecule has 0 heterocycles. The third-order valence-electron chi connectivity index (χ3n) is 2.28. The van der Waals surface area contributed by atoms with Gasteiger partial charge in [-0.15, -0.1) is 0 Å². The van der Waals surface area contributed by atoms with Crippen LogP contribution in [0.15, 0.2) is 30.3 Å². The molecule has 3 N–H and O–H groups in total. The Kier molecular flexibility index (Phi) is 4.25. The zero-order chi connectivity index (χ0) is 13.7. The molecule has 0 saturated heterocycles. The maximum absolute atomic E-state index is 10.9. The topological polar surface area (TPSA) is 115 Å². The van der Waals surface area contributed by atoms with Gasteiger partial charge in [0.1, 0.15) is 0 Å². The van der Waals surface area contributed by atoms with Gasteiger partial charge in [0.25, 0.3) is 0 Å². The van der Waals surface area contributed by atoms with Gasteiger partial charge in [0.05, 0.1) is 12.5 Å². The van der Waals surface area contributed by atoms with Crippen LogP contribution in [0.2, 0.25) is 0 Å². The van der Waals surface area contributed by atoms with E-state index >= 15 is 0 Å². The Morgan fingerprint density at radius 3 is 1.89 bits per heavy atom. The number of amides is 2. The van der Waals surface area contributed by atoms with Crippen molar-refractivity contribution in [2.75, 3.05) is 0 Å². The SMILES string of the molecule is O=C(O)CC(c1ccccc1)N(C(=O)O)C(=O)O. The Balaban J connectivity index is 3.15. The second kappa shape index (κ2) is 5.67. The summed E-state index contributed by atoms with van der Waals surface area (Å²) in [5.41, 5.74) is 0.310. The first-order chi connectivity index (χ1) is 8.43. The minimum Gasteiger partial charge on any atom is -0.481 e. The van der Waals surface area contributed by atoms with Gasteiger partial charge in [-0.2, -0.15) is 0 Å². The molecule has 1 aromatic rings. The van der Waals surface area contributed by atoms with Crippen LogP contribution < -0.4 is 0 Å². The minimum atomic E-state index is -1.71. The number of aliphatic carboxylic acids is 1. The van der Waals surface area contributed by atoms with E-state index in [1.54, 1.807) is 18.2 Å². The Morgan fingerprint density at radius 1 is 1.00 bits per heavy atom. The Bertz CT molecular complexity index is 444. The normalized spacial score (nSPS) is 11.6. The van der Waals surface area contributed by atoms with Crippen LogP contribution in [0.5, 0.6) is 0 Å². The van der Waals surface area contributed by atoms with Crippen LogP contribution in [0.1, 0.15) is 18.0 Å². The number of hydrogen-bond donors (Lipinski definition) is 3. The van der Waals surface area contributed by atoms with Gasteiger partial charge in [-0.05, 0) is 5.56 Å². The summed E-state index contributed by atoms with van der Waals surface area (Å²) in [4.78, 5) is 32.6. The lowest BCUT2D eigenvalue weighted by atomic mass is 10.0. The predicted octanol–water partition coefficient (Wildman–Crippen LogP) is 1.86. The average Bonchev–Trinajstić information content (AvgIpc) is 2.27. The summed E-state index contributed by atoms with van der Waals surface area (Å²) in [7, 11) is 0. The van der Waals surface area contributed by atoms with Crippen LogP contribution in [0.25, 0.3) is 0 Å². The zero-order valence-electron chi connectivity index (χ0n) is 9.18. The summed E-state index contributed by atoms with van der Waals surface area (Å²) in [6.07, 6.45) is -4.04. The molecular weight excluding hydrogens is 242 g/mol. The lowest BCUT2D eigenvalue weighted by molar-refractivity contribution is -0.138. The number of rotatable bonds is 4. The minimum absolute atomic E-state index is 0.0868. The molecule has 0 bridgehead atoms. The van der Waals surface area contributed by atoms with E-state index in [0.717, 1.165) is 0 Å². The number of hydrogen-bond acceptors (Lipinski definition) is 3. The molecule has 1 atom stereocenters. The van der Waals surface area contributed by atoms with Crippen molar-refractivity contribution in [1.82, 2.24) is 4.90 Å². The van der Waals surface area contributed by atoms with Crippen LogP contribution in [0.3, 0.4) is 0 Å². The lowest BCUT2D eigenvalue weighted by Crippen LogP contribution is -2.39. The van der Waals surface area contributed by atoms with E-state index in [0.29, 0.717) is 5.56 Å². The first-order valence-corrected chi connectivity index (χ1v) is 4.95. The van der Waals surface area contributed by atoms with Crippen molar-refractivity contribution < 1.29 is 29.7 Å². The van der Waals surface area contributed by atoms with Gasteiger partial charge in [-0.25, -0.2) is 14.5 Å².